The summed E-state index contributed by atoms with van der Waals surface area (Å²) in [5, 5.41) is 3.62. The molecule has 0 bridgehead atoms. The second-order valence-corrected chi connectivity index (χ2v) is 3.63. The van der Waals surface area contributed by atoms with E-state index in [0.717, 1.165) is 12.0 Å². The average Bonchev–Trinajstić information content (AvgIpc) is 2.09. The molecule has 1 rings (SSSR count). The van der Waals surface area contributed by atoms with Gasteiger partial charge in [-0.25, -0.2) is 0 Å². The van der Waals surface area contributed by atoms with Gasteiger partial charge in [-0.1, -0.05) is 33.1 Å². The smallest absolute Gasteiger partial charge is 0.00951 e. The molecule has 1 N–H and O–H groups in total. The van der Waals surface area contributed by atoms with E-state index in [9.17, 15) is 0 Å². The lowest BCUT2D eigenvalue weighted by Gasteiger charge is -2.30. The molecule has 0 radical (unpaired) electrons. The second kappa shape index (κ2) is 4.76. The molecule has 1 heteroatoms. The Morgan fingerprint density at radius 2 is 2.00 bits per heavy atom. The minimum atomic E-state index is 0.832. The largest absolute Gasteiger partial charge is 0.314 e. The second-order valence-electron chi connectivity index (χ2n) is 3.63. The molecule has 1 nitrogen and oxygen atoms in total. The van der Waals surface area contributed by atoms with Crippen LogP contribution in [0.3, 0.4) is 0 Å². The fourth-order valence-corrected chi connectivity index (χ4v) is 2.14. The Balaban J connectivity index is 2.30. The van der Waals surface area contributed by atoms with Crippen molar-refractivity contribution in [3.05, 3.63) is 0 Å². The molecule has 1 aliphatic heterocycles. The first kappa shape index (κ1) is 9.05. The molecule has 0 aromatic carbocycles. The summed E-state index contributed by atoms with van der Waals surface area (Å²) in [6.45, 7) is 5.87. The van der Waals surface area contributed by atoms with Crippen LogP contribution < -0.4 is 5.32 Å². The Hall–Kier alpha value is -0.0400. The third-order valence-corrected chi connectivity index (χ3v) is 2.97. The molecule has 11 heavy (non-hydrogen) atoms. The Bertz CT molecular complexity index is 91.0. The van der Waals surface area contributed by atoms with Crippen molar-refractivity contribution in [3.63, 3.8) is 0 Å². The SMILES string of the molecule is CCC(CC)[C@@H]1CCCCN1. The number of rotatable bonds is 3. The fraction of sp³-hybridized carbons (Fsp3) is 1.00. The Kier molecular flexibility index (Phi) is 3.92. The topological polar surface area (TPSA) is 12.0 Å². The maximum Gasteiger partial charge on any atom is 0.00951 e. The number of piperidine rings is 1. The van der Waals surface area contributed by atoms with Gasteiger partial charge in [-0.2, -0.15) is 0 Å². The molecule has 1 aliphatic rings. The van der Waals surface area contributed by atoms with Crippen LogP contribution in [-0.2, 0) is 0 Å². The van der Waals surface area contributed by atoms with Crippen LogP contribution in [0, 0.1) is 5.92 Å². The third kappa shape index (κ3) is 2.48. The molecule has 1 saturated heterocycles. The first-order valence-electron chi connectivity index (χ1n) is 5.11. The summed E-state index contributed by atoms with van der Waals surface area (Å²) in [7, 11) is 0. The first-order valence-corrected chi connectivity index (χ1v) is 5.11. The summed E-state index contributed by atoms with van der Waals surface area (Å²) in [6, 6.07) is 0.832. The molecule has 1 fully saturated rings. The average molecular weight is 155 g/mol. The van der Waals surface area contributed by atoms with Crippen LogP contribution in [0.1, 0.15) is 46.0 Å². The van der Waals surface area contributed by atoms with Crippen molar-refractivity contribution in [2.24, 2.45) is 5.92 Å². The maximum atomic E-state index is 3.62. The standard InChI is InChI=1S/C10H21N/c1-3-9(4-2)10-7-5-6-8-11-10/h9-11H,3-8H2,1-2H3/t10-/m0/s1. The lowest BCUT2D eigenvalue weighted by atomic mass is 9.88. The summed E-state index contributed by atoms with van der Waals surface area (Å²) in [4.78, 5) is 0. The van der Waals surface area contributed by atoms with Crippen LogP contribution >= 0.6 is 0 Å². The van der Waals surface area contributed by atoms with Crippen molar-refractivity contribution >= 4 is 0 Å². The predicted molar refractivity (Wildman–Crippen MR) is 49.7 cm³/mol. The van der Waals surface area contributed by atoms with Gasteiger partial charge in [0.1, 0.15) is 0 Å². The van der Waals surface area contributed by atoms with Gasteiger partial charge in [-0.3, -0.25) is 0 Å². The van der Waals surface area contributed by atoms with Gasteiger partial charge in [0.15, 0.2) is 0 Å². The summed E-state index contributed by atoms with van der Waals surface area (Å²) in [5.74, 6) is 0.926. The Morgan fingerprint density at radius 3 is 2.45 bits per heavy atom. The van der Waals surface area contributed by atoms with E-state index in [1.165, 1.54) is 38.6 Å². The minimum Gasteiger partial charge on any atom is -0.314 e. The number of hydrogen-bond donors (Lipinski definition) is 1. The fourth-order valence-electron chi connectivity index (χ4n) is 2.14. The Labute approximate surface area is 70.6 Å². The van der Waals surface area contributed by atoms with E-state index in [1.807, 2.05) is 0 Å². The van der Waals surface area contributed by atoms with E-state index in [1.54, 1.807) is 0 Å². The van der Waals surface area contributed by atoms with Gasteiger partial charge in [0.05, 0.1) is 0 Å². The van der Waals surface area contributed by atoms with Crippen LogP contribution in [0.4, 0.5) is 0 Å². The lowest BCUT2D eigenvalue weighted by Crippen LogP contribution is -2.39. The highest BCUT2D eigenvalue weighted by Crippen LogP contribution is 2.20. The van der Waals surface area contributed by atoms with Crippen LogP contribution in [0.15, 0.2) is 0 Å². The highest BCUT2D eigenvalue weighted by Gasteiger charge is 2.19. The molecule has 0 saturated carbocycles. The number of nitrogens with one attached hydrogen (secondary N) is 1. The first-order chi connectivity index (χ1) is 5.38. The summed E-state index contributed by atoms with van der Waals surface area (Å²) >= 11 is 0. The molecular formula is C10H21N. The molecule has 0 aliphatic carbocycles. The van der Waals surface area contributed by atoms with Crippen molar-refractivity contribution < 1.29 is 0 Å². The van der Waals surface area contributed by atoms with Crippen LogP contribution in [0.2, 0.25) is 0 Å². The third-order valence-electron chi connectivity index (χ3n) is 2.97. The molecular weight excluding hydrogens is 134 g/mol. The van der Waals surface area contributed by atoms with E-state index in [0.29, 0.717) is 0 Å². The number of hydrogen-bond acceptors (Lipinski definition) is 1. The van der Waals surface area contributed by atoms with E-state index >= 15 is 0 Å². The van der Waals surface area contributed by atoms with Gasteiger partial charge >= 0.3 is 0 Å². The van der Waals surface area contributed by atoms with Crippen molar-refractivity contribution in [2.45, 2.75) is 52.0 Å². The van der Waals surface area contributed by atoms with Crippen LogP contribution in [0.25, 0.3) is 0 Å². The van der Waals surface area contributed by atoms with Crippen LogP contribution in [0.5, 0.6) is 0 Å². The molecule has 0 amide bonds. The van der Waals surface area contributed by atoms with Gasteiger partial charge in [0.25, 0.3) is 0 Å². The van der Waals surface area contributed by atoms with Gasteiger partial charge < -0.3 is 5.32 Å². The molecule has 1 heterocycles. The van der Waals surface area contributed by atoms with E-state index < -0.39 is 0 Å². The van der Waals surface area contributed by atoms with Crippen molar-refractivity contribution in [1.82, 2.24) is 5.32 Å². The lowest BCUT2D eigenvalue weighted by molar-refractivity contribution is 0.281. The maximum absolute atomic E-state index is 3.62. The molecule has 0 aromatic heterocycles. The molecule has 0 aromatic rings. The summed E-state index contributed by atoms with van der Waals surface area (Å²) in [5.41, 5.74) is 0. The quantitative estimate of drug-likeness (QED) is 0.660. The van der Waals surface area contributed by atoms with Gasteiger partial charge in [0.2, 0.25) is 0 Å². The van der Waals surface area contributed by atoms with Crippen molar-refractivity contribution in [2.75, 3.05) is 6.54 Å². The van der Waals surface area contributed by atoms with Crippen LogP contribution in [-0.4, -0.2) is 12.6 Å². The predicted octanol–water partition coefficient (Wildman–Crippen LogP) is 2.56. The highest BCUT2D eigenvalue weighted by molar-refractivity contribution is 4.77. The van der Waals surface area contributed by atoms with Gasteiger partial charge in [-0.15, -0.1) is 0 Å². The normalized spacial score (nSPS) is 25.9. The summed E-state index contributed by atoms with van der Waals surface area (Å²) < 4.78 is 0. The van der Waals surface area contributed by atoms with E-state index in [4.69, 9.17) is 0 Å². The van der Waals surface area contributed by atoms with Gasteiger partial charge in [-0.05, 0) is 25.3 Å². The molecule has 0 spiro atoms. The van der Waals surface area contributed by atoms with E-state index in [2.05, 4.69) is 19.2 Å². The van der Waals surface area contributed by atoms with E-state index in [-0.39, 0.29) is 0 Å². The highest BCUT2D eigenvalue weighted by atomic mass is 14.9. The van der Waals surface area contributed by atoms with Crippen molar-refractivity contribution in [3.8, 4) is 0 Å². The molecule has 0 unspecified atom stereocenters. The minimum absolute atomic E-state index is 0.832. The zero-order chi connectivity index (χ0) is 8.10. The Morgan fingerprint density at radius 1 is 1.27 bits per heavy atom. The molecule has 1 atom stereocenters. The summed E-state index contributed by atoms with van der Waals surface area (Å²) in [6.07, 6.45) is 6.92. The zero-order valence-electron chi connectivity index (χ0n) is 7.90. The zero-order valence-corrected chi connectivity index (χ0v) is 7.90. The molecule has 66 valence electrons. The van der Waals surface area contributed by atoms with Gasteiger partial charge in [0, 0.05) is 6.04 Å². The monoisotopic (exact) mass is 155 g/mol. The van der Waals surface area contributed by atoms with Crippen molar-refractivity contribution in [1.29, 1.82) is 0 Å².